The van der Waals surface area contributed by atoms with Crippen LogP contribution in [0.2, 0.25) is 0 Å². The Kier molecular flexibility index (Phi) is 6.44. The summed E-state index contributed by atoms with van der Waals surface area (Å²) >= 11 is 0. The SMILES string of the molecule is CN1CCC(n2ccc3cc(Nc4ncc5c(=O)n6n(c5n4)-c4ccc5c(c4)N(CCCC=CC6)C(=O)CO5)cnc32)CC1. The van der Waals surface area contributed by atoms with Crippen LogP contribution in [0.15, 0.2) is 65.9 Å². The van der Waals surface area contributed by atoms with Crippen LogP contribution in [0.3, 0.4) is 0 Å². The van der Waals surface area contributed by atoms with Crippen LogP contribution >= 0.6 is 0 Å². The van der Waals surface area contributed by atoms with Crippen LogP contribution in [0.1, 0.15) is 31.7 Å². The van der Waals surface area contributed by atoms with Crippen molar-refractivity contribution in [3.8, 4) is 11.4 Å². The Bertz CT molecular complexity index is 2000. The van der Waals surface area contributed by atoms with Gasteiger partial charge >= 0.3 is 0 Å². The lowest BCUT2D eigenvalue weighted by molar-refractivity contribution is -0.121. The number of fused-ring (bicyclic) bond motifs is 6. The van der Waals surface area contributed by atoms with Crippen LogP contribution in [-0.2, 0) is 11.3 Å². The summed E-state index contributed by atoms with van der Waals surface area (Å²) in [7, 11) is 2.17. The number of pyridine rings is 1. The first-order chi connectivity index (χ1) is 21.5. The molecule has 4 aromatic heterocycles. The molecule has 8 rings (SSSR count). The standard InChI is InChI=1S/C32H33N9O3/c1-37-13-9-23(10-14-37)38-15-8-21-16-22(18-33-29(21)38)35-32-34-19-25-30(36-32)41-24-6-7-27-26(17-24)39(28(42)20-44-27)11-4-2-3-5-12-40(41)31(25)43/h3,5-8,15-19,23H,2,4,9-14,20H2,1H3,(H,34,35,36). The molecule has 1 saturated heterocycles. The van der Waals surface area contributed by atoms with Crippen LogP contribution < -0.4 is 20.5 Å². The number of ether oxygens (including phenoxy) is 1. The lowest BCUT2D eigenvalue weighted by Gasteiger charge is -2.30. The number of likely N-dealkylation sites (tertiary alicyclic amines) is 1. The van der Waals surface area contributed by atoms with Crippen molar-refractivity contribution in [1.29, 1.82) is 0 Å². The predicted octanol–water partition coefficient (Wildman–Crippen LogP) is 4.02. The summed E-state index contributed by atoms with van der Waals surface area (Å²) in [6.07, 6.45) is 13.4. The molecule has 12 nitrogen and oxygen atoms in total. The van der Waals surface area contributed by atoms with E-state index in [1.54, 1.807) is 26.7 Å². The van der Waals surface area contributed by atoms with Gasteiger partial charge in [0.15, 0.2) is 12.3 Å². The molecule has 1 aromatic carbocycles. The largest absolute Gasteiger partial charge is 0.482 e. The Morgan fingerprint density at radius 2 is 1.86 bits per heavy atom. The summed E-state index contributed by atoms with van der Waals surface area (Å²) in [5.41, 5.74) is 3.41. The van der Waals surface area contributed by atoms with Gasteiger partial charge in [-0.25, -0.2) is 19.3 Å². The summed E-state index contributed by atoms with van der Waals surface area (Å²) in [5, 5.41) is 4.75. The van der Waals surface area contributed by atoms with Gasteiger partial charge < -0.3 is 24.4 Å². The van der Waals surface area contributed by atoms with E-state index in [4.69, 9.17) is 14.7 Å². The minimum atomic E-state index is -0.187. The third-order valence-electron chi connectivity index (χ3n) is 8.90. The van der Waals surface area contributed by atoms with Gasteiger partial charge in [-0.3, -0.25) is 9.59 Å². The third kappa shape index (κ3) is 4.53. The number of amides is 1. The Morgan fingerprint density at radius 3 is 2.75 bits per heavy atom. The quantitative estimate of drug-likeness (QED) is 0.313. The van der Waals surface area contributed by atoms with Gasteiger partial charge in [0.1, 0.15) is 16.8 Å². The zero-order chi connectivity index (χ0) is 29.8. The van der Waals surface area contributed by atoms with Gasteiger partial charge in [-0.1, -0.05) is 12.2 Å². The first kappa shape index (κ1) is 26.6. The van der Waals surface area contributed by atoms with E-state index in [-0.39, 0.29) is 18.1 Å². The summed E-state index contributed by atoms with van der Waals surface area (Å²) in [5.74, 6) is 0.927. The molecule has 44 heavy (non-hydrogen) atoms. The maximum absolute atomic E-state index is 13.6. The molecule has 0 unspecified atom stereocenters. The molecule has 7 heterocycles. The van der Waals surface area contributed by atoms with Gasteiger partial charge in [0, 0.05) is 30.4 Å². The minimum Gasteiger partial charge on any atom is -0.482 e. The van der Waals surface area contributed by atoms with Crippen LogP contribution in [0.25, 0.3) is 27.8 Å². The smallest absolute Gasteiger partial charge is 0.278 e. The number of rotatable bonds is 3. The number of carbonyl (C=O) groups excluding carboxylic acids is 1. The highest BCUT2D eigenvalue weighted by atomic mass is 16.5. The molecule has 0 radical (unpaired) electrons. The van der Waals surface area contributed by atoms with Crippen molar-refractivity contribution >= 4 is 45.3 Å². The van der Waals surface area contributed by atoms with E-state index < -0.39 is 0 Å². The number of piperidine rings is 1. The van der Waals surface area contributed by atoms with Crippen LogP contribution in [-0.4, -0.2) is 73.0 Å². The van der Waals surface area contributed by atoms with Gasteiger partial charge in [0.25, 0.3) is 11.5 Å². The zero-order valence-electron chi connectivity index (χ0n) is 24.5. The third-order valence-corrected chi connectivity index (χ3v) is 8.90. The van der Waals surface area contributed by atoms with E-state index in [1.807, 2.05) is 24.3 Å². The molecule has 0 aliphatic carbocycles. The Labute approximate surface area is 253 Å². The molecule has 1 fully saturated rings. The molecule has 5 aromatic rings. The molecule has 2 bridgehead atoms. The monoisotopic (exact) mass is 591 g/mol. The van der Waals surface area contributed by atoms with Gasteiger partial charge in [0.05, 0.1) is 29.8 Å². The Hall–Kier alpha value is -4.97. The first-order valence-electron chi connectivity index (χ1n) is 15.2. The molecule has 0 atom stereocenters. The molecular formula is C32H33N9O3. The van der Waals surface area contributed by atoms with Crippen LogP contribution in [0.4, 0.5) is 17.3 Å². The van der Waals surface area contributed by atoms with E-state index in [9.17, 15) is 9.59 Å². The van der Waals surface area contributed by atoms with Crippen molar-refractivity contribution in [3.63, 3.8) is 0 Å². The van der Waals surface area contributed by atoms with E-state index in [2.05, 4.69) is 51.2 Å². The van der Waals surface area contributed by atoms with Crippen molar-refractivity contribution in [2.45, 2.75) is 38.3 Å². The van der Waals surface area contributed by atoms with Gasteiger partial charge in [-0.15, -0.1) is 0 Å². The number of hydrogen-bond acceptors (Lipinski definition) is 8. The highest BCUT2D eigenvalue weighted by Gasteiger charge is 2.27. The van der Waals surface area contributed by atoms with Gasteiger partial charge in [0.2, 0.25) is 5.95 Å². The van der Waals surface area contributed by atoms with Crippen LogP contribution in [0, 0.1) is 0 Å². The minimum absolute atomic E-state index is 0.0190. The average Bonchev–Trinajstić information content (AvgIpc) is 3.57. The Morgan fingerprint density at radius 1 is 0.977 bits per heavy atom. The van der Waals surface area contributed by atoms with Gasteiger partial charge in [-0.05, 0) is 76.2 Å². The van der Waals surface area contributed by atoms with E-state index in [1.165, 1.54) is 0 Å². The fraction of sp³-hybridized carbons (Fsp3) is 0.344. The number of carbonyl (C=O) groups is 1. The number of nitrogens with zero attached hydrogens (tertiary/aromatic N) is 8. The number of benzene rings is 1. The number of aromatic nitrogens is 6. The second kappa shape index (κ2) is 10.6. The molecule has 0 spiro atoms. The summed E-state index contributed by atoms with van der Waals surface area (Å²) in [6.45, 7) is 3.16. The van der Waals surface area contributed by atoms with E-state index in [0.29, 0.717) is 53.2 Å². The van der Waals surface area contributed by atoms with Crippen molar-refractivity contribution < 1.29 is 9.53 Å². The average molecular weight is 592 g/mol. The predicted molar refractivity (Wildman–Crippen MR) is 168 cm³/mol. The van der Waals surface area contributed by atoms with E-state index >= 15 is 0 Å². The fourth-order valence-electron chi connectivity index (χ4n) is 6.55. The normalized spacial score (nSPS) is 17.8. The van der Waals surface area contributed by atoms with E-state index in [0.717, 1.165) is 55.5 Å². The van der Waals surface area contributed by atoms with Gasteiger partial charge in [-0.2, -0.15) is 4.98 Å². The molecule has 224 valence electrons. The van der Waals surface area contributed by atoms with Crippen molar-refractivity contribution in [2.75, 3.05) is 43.5 Å². The number of hydrogen-bond donors (Lipinski definition) is 1. The highest BCUT2D eigenvalue weighted by molar-refractivity contribution is 5.98. The van der Waals surface area contributed by atoms with Crippen molar-refractivity contribution in [1.82, 2.24) is 33.8 Å². The number of allylic oxidation sites excluding steroid dienone is 2. The second-order valence-electron chi connectivity index (χ2n) is 11.7. The molecule has 3 aliphatic rings. The lowest BCUT2D eigenvalue weighted by atomic mass is 10.1. The molecule has 1 N–H and O–H groups in total. The van der Waals surface area contributed by atoms with Crippen molar-refractivity contribution in [3.05, 3.63) is 71.4 Å². The number of anilines is 3. The topological polar surface area (TPSA) is 115 Å². The maximum atomic E-state index is 13.6. The van der Waals surface area contributed by atoms with Crippen molar-refractivity contribution in [2.24, 2.45) is 0 Å². The highest BCUT2D eigenvalue weighted by Crippen LogP contribution is 2.35. The second-order valence-corrected chi connectivity index (χ2v) is 11.7. The fourth-order valence-corrected chi connectivity index (χ4v) is 6.55. The lowest BCUT2D eigenvalue weighted by Crippen LogP contribution is -2.39. The summed E-state index contributed by atoms with van der Waals surface area (Å²) in [4.78, 5) is 44.6. The summed E-state index contributed by atoms with van der Waals surface area (Å²) in [6, 6.07) is 10.2. The maximum Gasteiger partial charge on any atom is 0.278 e. The Balaban J connectivity index is 1.18. The first-order valence-corrected chi connectivity index (χ1v) is 15.2. The molecule has 1 amide bonds. The molecular weight excluding hydrogens is 558 g/mol. The molecule has 12 heteroatoms. The molecule has 3 aliphatic heterocycles. The summed E-state index contributed by atoms with van der Waals surface area (Å²) < 4.78 is 11.5. The molecule has 0 saturated carbocycles. The number of nitrogens with one attached hydrogen (secondary N) is 1. The zero-order valence-corrected chi connectivity index (χ0v) is 24.5. The van der Waals surface area contributed by atoms with Crippen LogP contribution in [0.5, 0.6) is 5.75 Å².